The van der Waals surface area contributed by atoms with Gasteiger partial charge in [-0.25, -0.2) is 0 Å². The molecular weight excluding hydrogens is 214 g/mol. The van der Waals surface area contributed by atoms with Crippen LogP contribution in [0.15, 0.2) is 0 Å². The van der Waals surface area contributed by atoms with E-state index in [0.29, 0.717) is 36.9 Å². The largest absolute Gasteiger partial charge is 0.376 e. The minimum absolute atomic E-state index is 0.293. The zero-order chi connectivity index (χ0) is 12.9. The van der Waals surface area contributed by atoms with Crippen LogP contribution < -0.4 is 5.32 Å². The minimum atomic E-state index is 0.293. The van der Waals surface area contributed by atoms with Crippen LogP contribution in [0.2, 0.25) is 0 Å². The second-order valence-corrected chi connectivity index (χ2v) is 6.13. The van der Waals surface area contributed by atoms with E-state index in [4.69, 9.17) is 9.47 Å². The van der Waals surface area contributed by atoms with E-state index in [1.54, 1.807) is 0 Å². The molecule has 0 spiro atoms. The Morgan fingerprint density at radius 2 is 2.00 bits per heavy atom. The molecule has 0 aromatic rings. The first-order valence-electron chi connectivity index (χ1n) is 6.85. The molecule has 0 aliphatic heterocycles. The second-order valence-electron chi connectivity index (χ2n) is 6.13. The van der Waals surface area contributed by atoms with Gasteiger partial charge in [0.2, 0.25) is 0 Å². The maximum absolute atomic E-state index is 5.98. The van der Waals surface area contributed by atoms with Crippen LogP contribution in [0, 0.1) is 5.41 Å². The Kier molecular flexibility index (Phi) is 5.90. The fraction of sp³-hybridized carbons (Fsp3) is 1.00. The summed E-state index contributed by atoms with van der Waals surface area (Å²) in [6.07, 6.45) is 4.25. The summed E-state index contributed by atoms with van der Waals surface area (Å²) < 4.78 is 11.5. The van der Waals surface area contributed by atoms with Gasteiger partial charge in [-0.2, -0.15) is 0 Å². The van der Waals surface area contributed by atoms with Gasteiger partial charge in [0.15, 0.2) is 0 Å². The van der Waals surface area contributed by atoms with E-state index >= 15 is 0 Å². The highest BCUT2D eigenvalue weighted by Crippen LogP contribution is 2.36. The van der Waals surface area contributed by atoms with Gasteiger partial charge in [-0.05, 0) is 45.6 Å². The molecule has 17 heavy (non-hydrogen) atoms. The molecule has 102 valence electrons. The average molecular weight is 243 g/mol. The molecule has 3 nitrogen and oxygen atoms in total. The Morgan fingerprint density at radius 3 is 2.59 bits per heavy atom. The van der Waals surface area contributed by atoms with Crippen LogP contribution in [0.1, 0.15) is 47.0 Å². The van der Waals surface area contributed by atoms with Crippen LogP contribution in [-0.4, -0.2) is 38.5 Å². The quantitative estimate of drug-likeness (QED) is 0.727. The molecule has 0 aromatic heterocycles. The van der Waals surface area contributed by atoms with Gasteiger partial charge < -0.3 is 14.8 Å². The zero-order valence-corrected chi connectivity index (χ0v) is 12.1. The monoisotopic (exact) mass is 243 g/mol. The van der Waals surface area contributed by atoms with Crippen molar-refractivity contribution in [1.82, 2.24) is 5.32 Å². The molecule has 1 saturated carbocycles. The third-order valence-electron chi connectivity index (χ3n) is 3.57. The van der Waals surface area contributed by atoms with E-state index in [2.05, 4.69) is 33.0 Å². The maximum Gasteiger partial charge on any atom is 0.0734 e. The van der Waals surface area contributed by atoms with Gasteiger partial charge in [0, 0.05) is 6.04 Å². The molecule has 0 aromatic carbocycles. The predicted molar refractivity (Wildman–Crippen MR) is 71.3 cm³/mol. The molecule has 0 bridgehead atoms. The van der Waals surface area contributed by atoms with Crippen molar-refractivity contribution in [1.29, 1.82) is 0 Å². The lowest BCUT2D eigenvalue weighted by molar-refractivity contribution is -0.0555. The Labute approximate surface area is 106 Å². The summed E-state index contributed by atoms with van der Waals surface area (Å²) in [6.45, 7) is 10.2. The predicted octanol–water partition coefficient (Wildman–Crippen LogP) is 2.59. The van der Waals surface area contributed by atoms with Crippen molar-refractivity contribution < 1.29 is 9.47 Å². The number of rotatable bonds is 6. The van der Waals surface area contributed by atoms with Crippen molar-refractivity contribution in [3.05, 3.63) is 0 Å². The fourth-order valence-electron chi connectivity index (χ4n) is 2.51. The molecule has 0 radical (unpaired) electrons. The maximum atomic E-state index is 5.98. The highest BCUT2D eigenvalue weighted by molar-refractivity contribution is 4.89. The molecule has 3 heteroatoms. The number of hydrogen-bond donors (Lipinski definition) is 1. The van der Waals surface area contributed by atoms with Crippen LogP contribution >= 0.6 is 0 Å². The third kappa shape index (κ3) is 5.36. The van der Waals surface area contributed by atoms with Crippen molar-refractivity contribution >= 4 is 0 Å². The Bertz CT molecular complexity index is 216. The van der Waals surface area contributed by atoms with E-state index in [1.807, 2.05) is 7.05 Å². The average Bonchev–Trinajstić information content (AvgIpc) is 2.23. The first-order chi connectivity index (χ1) is 7.94. The van der Waals surface area contributed by atoms with Crippen molar-refractivity contribution in [2.45, 2.75) is 65.2 Å². The van der Waals surface area contributed by atoms with Gasteiger partial charge in [0.25, 0.3) is 0 Å². The van der Waals surface area contributed by atoms with E-state index in [1.165, 1.54) is 12.8 Å². The standard InChI is InChI=1S/C14H29NO2/c1-11(2)16-8-9-17-13-10-14(3,4)7-6-12(13)15-5/h11-13,15H,6-10H2,1-5H3. The van der Waals surface area contributed by atoms with Crippen molar-refractivity contribution in [2.75, 3.05) is 20.3 Å². The van der Waals surface area contributed by atoms with Crippen LogP contribution in [0.4, 0.5) is 0 Å². The SMILES string of the molecule is CNC1CCC(C)(C)CC1OCCOC(C)C. The van der Waals surface area contributed by atoms with Crippen LogP contribution in [0.5, 0.6) is 0 Å². The van der Waals surface area contributed by atoms with E-state index < -0.39 is 0 Å². The summed E-state index contributed by atoms with van der Waals surface area (Å²) in [4.78, 5) is 0. The Balaban J connectivity index is 2.32. The fourth-order valence-corrected chi connectivity index (χ4v) is 2.51. The summed E-state index contributed by atoms with van der Waals surface area (Å²) in [5.74, 6) is 0. The second kappa shape index (κ2) is 6.72. The summed E-state index contributed by atoms with van der Waals surface area (Å²) in [6, 6.07) is 0.502. The molecule has 2 atom stereocenters. The van der Waals surface area contributed by atoms with E-state index in [9.17, 15) is 0 Å². The number of likely N-dealkylation sites (N-methyl/N-ethyl adjacent to an activating group) is 1. The molecule has 1 fully saturated rings. The number of ether oxygens (including phenoxy) is 2. The van der Waals surface area contributed by atoms with Gasteiger partial charge in [-0.15, -0.1) is 0 Å². The highest BCUT2D eigenvalue weighted by Gasteiger charge is 2.34. The van der Waals surface area contributed by atoms with Gasteiger partial charge in [0.1, 0.15) is 0 Å². The van der Waals surface area contributed by atoms with Gasteiger partial charge >= 0.3 is 0 Å². The highest BCUT2D eigenvalue weighted by atomic mass is 16.5. The van der Waals surface area contributed by atoms with Crippen molar-refractivity contribution in [3.63, 3.8) is 0 Å². The molecule has 1 aliphatic rings. The molecule has 0 amide bonds. The van der Waals surface area contributed by atoms with Gasteiger partial charge in [-0.3, -0.25) is 0 Å². The van der Waals surface area contributed by atoms with Gasteiger partial charge in [0.05, 0.1) is 25.4 Å². The van der Waals surface area contributed by atoms with Gasteiger partial charge in [-0.1, -0.05) is 13.8 Å². The summed E-state index contributed by atoms with van der Waals surface area (Å²) in [7, 11) is 2.03. The van der Waals surface area contributed by atoms with Crippen LogP contribution in [0.3, 0.4) is 0 Å². The van der Waals surface area contributed by atoms with Crippen LogP contribution in [-0.2, 0) is 9.47 Å². The summed E-state index contributed by atoms with van der Waals surface area (Å²) >= 11 is 0. The minimum Gasteiger partial charge on any atom is -0.376 e. The molecule has 2 unspecified atom stereocenters. The number of hydrogen-bond acceptors (Lipinski definition) is 3. The molecule has 0 saturated heterocycles. The Morgan fingerprint density at radius 1 is 1.29 bits per heavy atom. The lowest BCUT2D eigenvalue weighted by Crippen LogP contribution is -2.46. The molecule has 1 rings (SSSR count). The lowest BCUT2D eigenvalue weighted by Gasteiger charge is -2.40. The lowest BCUT2D eigenvalue weighted by atomic mass is 9.74. The van der Waals surface area contributed by atoms with Crippen molar-refractivity contribution in [3.8, 4) is 0 Å². The number of nitrogens with one attached hydrogen (secondary N) is 1. The topological polar surface area (TPSA) is 30.5 Å². The first kappa shape index (κ1) is 14.9. The van der Waals surface area contributed by atoms with E-state index in [0.717, 1.165) is 6.42 Å². The smallest absolute Gasteiger partial charge is 0.0734 e. The van der Waals surface area contributed by atoms with Crippen LogP contribution in [0.25, 0.3) is 0 Å². The molecule has 1 aliphatic carbocycles. The first-order valence-corrected chi connectivity index (χ1v) is 6.85. The molecule has 1 N–H and O–H groups in total. The zero-order valence-electron chi connectivity index (χ0n) is 12.1. The van der Waals surface area contributed by atoms with Crippen molar-refractivity contribution in [2.24, 2.45) is 5.41 Å². The van der Waals surface area contributed by atoms with E-state index in [-0.39, 0.29) is 0 Å². The Hall–Kier alpha value is -0.120. The third-order valence-corrected chi connectivity index (χ3v) is 3.57. The normalized spacial score (nSPS) is 28.6. The summed E-state index contributed by atoms with van der Waals surface area (Å²) in [5.41, 5.74) is 0.414. The molecular formula is C14H29NO2. The molecule has 0 heterocycles. The summed E-state index contributed by atoms with van der Waals surface area (Å²) in [5, 5.41) is 3.38.